The molecule has 1 amide bonds. The first-order chi connectivity index (χ1) is 13.4. The molecular weight excluding hydrogens is 400 g/mol. The quantitative estimate of drug-likeness (QED) is 0.765. The number of hydrogen-bond acceptors (Lipinski definition) is 4. The van der Waals surface area contributed by atoms with E-state index in [1.807, 2.05) is 0 Å². The number of rotatable bonds is 6. The van der Waals surface area contributed by atoms with Crippen LogP contribution in [0.3, 0.4) is 0 Å². The highest BCUT2D eigenvalue weighted by Gasteiger charge is 2.24. The molecule has 0 spiro atoms. The average Bonchev–Trinajstić information content (AvgIpc) is 2.69. The monoisotopic (exact) mass is 422 g/mol. The van der Waals surface area contributed by atoms with Gasteiger partial charge in [-0.05, 0) is 48.7 Å². The van der Waals surface area contributed by atoms with Gasteiger partial charge in [0, 0.05) is 23.7 Å². The number of anilines is 1. The summed E-state index contributed by atoms with van der Waals surface area (Å²) in [5.74, 6) is 0.116. The van der Waals surface area contributed by atoms with Crippen LogP contribution < -0.4 is 10.1 Å². The Morgan fingerprint density at radius 2 is 1.79 bits per heavy atom. The van der Waals surface area contributed by atoms with Gasteiger partial charge in [-0.1, -0.05) is 30.2 Å². The molecule has 0 atom stereocenters. The molecule has 1 saturated heterocycles. The molecule has 1 aliphatic heterocycles. The van der Waals surface area contributed by atoms with Crippen LogP contribution >= 0.6 is 11.6 Å². The number of sulfonamides is 1. The maximum absolute atomic E-state index is 12.5. The molecule has 1 aliphatic rings. The van der Waals surface area contributed by atoms with Gasteiger partial charge in [0.2, 0.25) is 10.0 Å². The Labute approximate surface area is 170 Å². The molecular formula is C20H23ClN2O4S. The molecule has 3 rings (SSSR count). The number of methoxy groups -OCH3 is 1. The van der Waals surface area contributed by atoms with E-state index < -0.39 is 10.0 Å². The van der Waals surface area contributed by atoms with E-state index in [9.17, 15) is 13.2 Å². The lowest BCUT2D eigenvalue weighted by Gasteiger charge is -2.25. The molecule has 150 valence electrons. The molecule has 0 aromatic heterocycles. The summed E-state index contributed by atoms with van der Waals surface area (Å²) in [6.07, 6.45) is 2.89. The molecule has 2 aromatic rings. The molecule has 0 unspecified atom stereocenters. The predicted octanol–water partition coefficient (Wildman–Crippen LogP) is 3.92. The third-order valence-corrected chi connectivity index (χ3v) is 6.77. The Morgan fingerprint density at radius 1 is 1.11 bits per heavy atom. The van der Waals surface area contributed by atoms with Crippen molar-refractivity contribution in [3.63, 3.8) is 0 Å². The molecule has 0 saturated carbocycles. The molecule has 1 fully saturated rings. The van der Waals surface area contributed by atoms with Crippen molar-refractivity contribution in [2.75, 3.05) is 25.5 Å². The van der Waals surface area contributed by atoms with Crippen LogP contribution in [0.1, 0.15) is 35.2 Å². The van der Waals surface area contributed by atoms with Gasteiger partial charge in [0.1, 0.15) is 5.75 Å². The third-order valence-electron chi connectivity index (χ3n) is 4.68. The number of halogens is 1. The van der Waals surface area contributed by atoms with Crippen molar-refractivity contribution in [2.45, 2.75) is 25.0 Å². The fourth-order valence-electron chi connectivity index (χ4n) is 3.17. The van der Waals surface area contributed by atoms with Gasteiger partial charge in [-0.15, -0.1) is 0 Å². The van der Waals surface area contributed by atoms with Crippen molar-refractivity contribution in [2.24, 2.45) is 0 Å². The molecule has 0 radical (unpaired) electrons. The van der Waals surface area contributed by atoms with E-state index in [1.54, 1.807) is 46.8 Å². The Hall–Kier alpha value is -2.09. The van der Waals surface area contributed by atoms with Crippen molar-refractivity contribution in [1.82, 2.24) is 4.31 Å². The van der Waals surface area contributed by atoms with Gasteiger partial charge in [0.25, 0.3) is 5.91 Å². The standard InChI is InChI=1S/C20H23ClN2O4S/c1-27-19-10-9-17(21)13-18(19)22-20(24)16-7-5-15(6-8-16)14-28(25,26)23-11-3-2-4-12-23/h5-10,13H,2-4,11-12,14H2,1H3,(H,22,24). The van der Waals surface area contributed by atoms with E-state index in [0.29, 0.717) is 40.7 Å². The van der Waals surface area contributed by atoms with Gasteiger partial charge in [-0.3, -0.25) is 4.79 Å². The van der Waals surface area contributed by atoms with Gasteiger partial charge < -0.3 is 10.1 Å². The topological polar surface area (TPSA) is 75.7 Å². The van der Waals surface area contributed by atoms with Gasteiger partial charge in [-0.2, -0.15) is 0 Å². The highest BCUT2D eigenvalue weighted by molar-refractivity contribution is 7.88. The molecule has 0 aliphatic carbocycles. The average molecular weight is 423 g/mol. The Balaban J connectivity index is 1.68. The number of hydrogen-bond donors (Lipinski definition) is 1. The lowest BCUT2D eigenvalue weighted by molar-refractivity contribution is 0.102. The second-order valence-electron chi connectivity index (χ2n) is 6.71. The number of carbonyl (C=O) groups is 1. The van der Waals surface area contributed by atoms with Crippen molar-refractivity contribution in [3.8, 4) is 5.75 Å². The number of nitrogens with zero attached hydrogens (tertiary/aromatic N) is 1. The van der Waals surface area contributed by atoms with Crippen molar-refractivity contribution in [3.05, 3.63) is 58.6 Å². The molecule has 2 aromatic carbocycles. The van der Waals surface area contributed by atoms with Gasteiger partial charge in [-0.25, -0.2) is 12.7 Å². The second kappa shape index (κ2) is 8.94. The maximum atomic E-state index is 12.5. The number of carbonyl (C=O) groups excluding carboxylic acids is 1. The van der Waals surface area contributed by atoms with Crippen LogP contribution in [0.25, 0.3) is 0 Å². The summed E-state index contributed by atoms with van der Waals surface area (Å²) in [6, 6.07) is 11.5. The first-order valence-electron chi connectivity index (χ1n) is 9.11. The first kappa shape index (κ1) is 20.6. The lowest BCUT2D eigenvalue weighted by atomic mass is 10.1. The number of nitrogens with one attached hydrogen (secondary N) is 1. The van der Waals surface area contributed by atoms with Crippen molar-refractivity contribution < 1.29 is 17.9 Å². The minimum atomic E-state index is -3.33. The van der Waals surface area contributed by atoms with E-state index in [2.05, 4.69) is 5.32 Å². The zero-order valence-electron chi connectivity index (χ0n) is 15.7. The Bertz CT molecular complexity index is 939. The van der Waals surface area contributed by atoms with Gasteiger partial charge in [0.15, 0.2) is 0 Å². The number of ether oxygens (including phenoxy) is 1. The highest BCUT2D eigenvalue weighted by Crippen LogP contribution is 2.28. The lowest BCUT2D eigenvalue weighted by Crippen LogP contribution is -2.36. The molecule has 8 heteroatoms. The number of benzene rings is 2. The Morgan fingerprint density at radius 3 is 2.43 bits per heavy atom. The minimum Gasteiger partial charge on any atom is -0.495 e. The summed E-state index contributed by atoms with van der Waals surface area (Å²) in [6.45, 7) is 1.18. The van der Waals surface area contributed by atoms with E-state index in [-0.39, 0.29) is 11.7 Å². The third kappa shape index (κ3) is 5.04. The van der Waals surface area contributed by atoms with Crippen molar-refractivity contribution in [1.29, 1.82) is 0 Å². The van der Waals surface area contributed by atoms with Crippen molar-refractivity contribution >= 4 is 33.2 Å². The maximum Gasteiger partial charge on any atom is 0.255 e. The van der Waals surface area contributed by atoms with E-state index in [1.165, 1.54) is 7.11 Å². The molecule has 6 nitrogen and oxygen atoms in total. The van der Waals surface area contributed by atoms with Gasteiger partial charge in [0.05, 0.1) is 18.6 Å². The number of amides is 1. The summed E-state index contributed by atoms with van der Waals surface area (Å²) in [5, 5.41) is 3.24. The smallest absolute Gasteiger partial charge is 0.255 e. The minimum absolute atomic E-state index is 0.0585. The normalized spacial score (nSPS) is 15.2. The first-order valence-corrected chi connectivity index (χ1v) is 11.1. The van der Waals surface area contributed by atoms with E-state index in [0.717, 1.165) is 19.3 Å². The van der Waals surface area contributed by atoms with Crippen LogP contribution in [0.2, 0.25) is 5.02 Å². The predicted molar refractivity (Wildman–Crippen MR) is 110 cm³/mol. The Kier molecular flexibility index (Phi) is 6.59. The molecule has 28 heavy (non-hydrogen) atoms. The van der Waals surface area contributed by atoms with E-state index in [4.69, 9.17) is 16.3 Å². The van der Waals surface area contributed by atoms with Crippen LogP contribution in [0.5, 0.6) is 5.75 Å². The summed E-state index contributed by atoms with van der Waals surface area (Å²) in [5.41, 5.74) is 1.54. The van der Waals surface area contributed by atoms with Crippen LogP contribution in [0, 0.1) is 0 Å². The largest absolute Gasteiger partial charge is 0.495 e. The molecule has 1 heterocycles. The SMILES string of the molecule is COc1ccc(Cl)cc1NC(=O)c1ccc(CS(=O)(=O)N2CCCCC2)cc1. The summed E-state index contributed by atoms with van der Waals surface area (Å²) < 4.78 is 31.9. The zero-order valence-corrected chi connectivity index (χ0v) is 17.2. The summed E-state index contributed by atoms with van der Waals surface area (Å²) in [4.78, 5) is 12.5. The fourth-order valence-corrected chi connectivity index (χ4v) is 4.95. The number of piperidine rings is 1. The summed E-state index contributed by atoms with van der Waals surface area (Å²) >= 11 is 5.98. The van der Waals surface area contributed by atoms with E-state index >= 15 is 0 Å². The van der Waals surface area contributed by atoms with Crippen LogP contribution in [0.4, 0.5) is 5.69 Å². The second-order valence-corrected chi connectivity index (χ2v) is 9.12. The van der Waals surface area contributed by atoms with Crippen LogP contribution in [-0.2, 0) is 15.8 Å². The van der Waals surface area contributed by atoms with Crippen LogP contribution in [-0.4, -0.2) is 38.8 Å². The van der Waals surface area contributed by atoms with Gasteiger partial charge >= 0.3 is 0 Å². The highest BCUT2D eigenvalue weighted by atomic mass is 35.5. The summed E-state index contributed by atoms with van der Waals surface area (Å²) in [7, 11) is -1.82. The zero-order chi connectivity index (χ0) is 20.1. The molecule has 0 bridgehead atoms. The fraction of sp³-hybridized carbons (Fsp3) is 0.350. The molecule has 1 N–H and O–H groups in total. The van der Waals surface area contributed by atoms with Crippen LogP contribution in [0.15, 0.2) is 42.5 Å².